The predicted octanol–water partition coefficient (Wildman–Crippen LogP) is 21.8. The van der Waals surface area contributed by atoms with Crippen molar-refractivity contribution in [3.05, 3.63) is 274 Å². The first kappa shape index (κ1) is 103. The lowest BCUT2D eigenvalue weighted by Crippen LogP contribution is -2.29. The number of benzene rings is 10. The van der Waals surface area contributed by atoms with Crippen LogP contribution >= 0.6 is 47.8 Å². The van der Waals surface area contributed by atoms with Crippen LogP contribution in [0.15, 0.2) is 208 Å². The van der Waals surface area contributed by atoms with Crippen molar-refractivity contribution < 1.29 is 77.7 Å². The number of esters is 3. The lowest BCUT2D eigenvalue weighted by Gasteiger charge is -2.11. The number of ether oxygens (including phenoxy) is 7. The molecule has 0 spiro atoms. The Morgan fingerprint density at radius 2 is 0.450 bits per heavy atom. The molecule has 10 aromatic rings. The van der Waals surface area contributed by atoms with E-state index in [0.717, 1.165) is 71.2 Å². The second-order valence-electron chi connectivity index (χ2n) is 23.8. The highest BCUT2D eigenvalue weighted by molar-refractivity contribution is 9.11. The lowest BCUT2D eigenvalue weighted by molar-refractivity contribution is -0.138. The van der Waals surface area contributed by atoms with Crippen LogP contribution in [-0.4, -0.2) is 106 Å². The van der Waals surface area contributed by atoms with Crippen molar-refractivity contribution in [1.29, 1.82) is 0 Å². The summed E-state index contributed by atoms with van der Waals surface area (Å²) >= 11 is 10.2. The SMILES string of the molecule is C.C.CC(=O)O.COC(C)=O.COC(C)=O.COC(C)=O.COc1c(C)cc(-c2ccccc2)cc1C.COc1c(C)cc(-c2ccccc2)cc1C.COc1c(C)cc(Br)cc1C.COc1c(C)cc(Br)cc1C.Cc1cc(-c2ccccc2)cc(C)c1O.Cc1cc(Br)cc(C)c1O.OB(O)c1ccccc1. The average Bonchev–Trinajstić information content (AvgIpc) is 0.840. The van der Waals surface area contributed by atoms with E-state index in [0.29, 0.717) is 17.0 Å². The zero-order valence-corrected chi connectivity index (χ0v) is 70.7. The first-order valence-electron chi connectivity index (χ1n) is 33.5. The number of carboxylic acid groups (broad SMARTS) is 1. The van der Waals surface area contributed by atoms with Crippen LogP contribution < -0.4 is 24.4 Å². The van der Waals surface area contributed by atoms with Gasteiger partial charge in [-0.25, -0.2) is 0 Å². The highest BCUT2D eigenvalue weighted by atomic mass is 79.9. The first-order valence-corrected chi connectivity index (χ1v) is 35.8. The minimum absolute atomic E-state index is 0. The predicted molar refractivity (Wildman–Crippen MR) is 461 cm³/mol. The van der Waals surface area contributed by atoms with Gasteiger partial charge in [-0.3, -0.25) is 19.2 Å². The Kier molecular flexibility index (Phi) is 53.7. The summed E-state index contributed by atoms with van der Waals surface area (Å²) in [5, 5.41) is 43.6. The topological polar surface area (TPSA) is 234 Å². The van der Waals surface area contributed by atoms with Crippen molar-refractivity contribution in [3.8, 4) is 67.9 Å². The second-order valence-corrected chi connectivity index (χ2v) is 26.5. The quantitative estimate of drug-likeness (QED) is 0.0540. The van der Waals surface area contributed by atoms with Gasteiger partial charge in [0, 0.05) is 41.1 Å². The van der Waals surface area contributed by atoms with E-state index in [4.69, 9.17) is 38.9 Å². The fourth-order valence-electron chi connectivity index (χ4n) is 9.86. The number of rotatable bonds is 8. The smallest absolute Gasteiger partial charge is 0.488 e. The highest BCUT2D eigenvalue weighted by Crippen LogP contribution is 2.33. The lowest BCUT2D eigenvalue weighted by atomic mass is 9.81. The summed E-state index contributed by atoms with van der Waals surface area (Å²) in [5.41, 5.74) is 20.9. The van der Waals surface area contributed by atoms with Gasteiger partial charge in [0.2, 0.25) is 0 Å². The monoisotopic (exact) mass is 1690 g/mol. The maximum absolute atomic E-state index is 9.68. The van der Waals surface area contributed by atoms with Crippen LogP contribution in [0, 0.1) is 83.1 Å². The fraction of sp³-hybridized carbons (Fsp3) is 0.281. The molecule has 10 rings (SSSR count). The molecule has 0 saturated heterocycles. The van der Waals surface area contributed by atoms with Crippen molar-refractivity contribution in [1.82, 2.24) is 0 Å². The summed E-state index contributed by atoms with van der Waals surface area (Å²) in [5.74, 6) is 3.15. The van der Waals surface area contributed by atoms with Gasteiger partial charge in [0.05, 0.1) is 49.8 Å². The molecule has 0 amide bonds. The van der Waals surface area contributed by atoms with E-state index < -0.39 is 13.1 Å². The third kappa shape index (κ3) is 41.5. The zero-order valence-electron chi connectivity index (χ0n) is 65.9. The number of carboxylic acids is 1. The van der Waals surface area contributed by atoms with E-state index in [1.165, 1.54) is 114 Å². The van der Waals surface area contributed by atoms with Gasteiger partial charge in [-0.2, -0.15) is 0 Å². The number of phenolic OH excluding ortho intramolecular Hbond substituents is 2. The first-order chi connectivity index (χ1) is 50.4. The van der Waals surface area contributed by atoms with Crippen LogP contribution in [0.4, 0.5) is 0 Å². The molecule has 10 aromatic carbocycles. The Balaban J connectivity index is -0.00000116. The molecule has 0 bridgehead atoms. The van der Waals surface area contributed by atoms with Crippen molar-refractivity contribution >= 4 is 84.2 Å². The summed E-state index contributed by atoms with van der Waals surface area (Å²) in [6, 6.07) is 64.3. The average molecular weight is 1690 g/mol. The largest absolute Gasteiger partial charge is 0.507 e. The van der Waals surface area contributed by atoms with Crippen LogP contribution in [0.1, 0.15) is 109 Å². The Labute approximate surface area is 675 Å². The molecule has 0 heterocycles. The summed E-state index contributed by atoms with van der Waals surface area (Å²) in [4.78, 5) is 37.8. The normalized spacial score (nSPS) is 9.21. The molecule has 0 aliphatic rings. The van der Waals surface area contributed by atoms with Crippen LogP contribution in [0.3, 0.4) is 0 Å². The van der Waals surface area contributed by atoms with Crippen molar-refractivity contribution in [2.75, 3.05) is 49.8 Å². The number of aryl methyl sites for hydroxylation is 12. The number of halogens is 3. The molecular formula is C89H114BBr3O16. The van der Waals surface area contributed by atoms with Gasteiger partial charge in [0.15, 0.2) is 0 Å². The summed E-state index contributed by atoms with van der Waals surface area (Å²) in [6.07, 6.45) is 0. The number of aromatic hydroxyl groups is 2. The Bertz CT molecular complexity index is 3980. The zero-order chi connectivity index (χ0) is 81.6. The van der Waals surface area contributed by atoms with Crippen LogP contribution in [-0.2, 0) is 33.4 Å². The van der Waals surface area contributed by atoms with Gasteiger partial charge in [0.25, 0.3) is 5.97 Å². The van der Waals surface area contributed by atoms with E-state index in [2.05, 4.69) is 175 Å². The molecule has 16 nitrogen and oxygen atoms in total. The number of hydrogen-bond donors (Lipinski definition) is 5. The van der Waals surface area contributed by atoms with Gasteiger partial charge in [-0.1, -0.05) is 184 Å². The van der Waals surface area contributed by atoms with Gasteiger partial charge < -0.3 is 58.5 Å². The Hall–Kier alpha value is -9.70. The summed E-state index contributed by atoms with van der Waals surface area (Å²) in [6.45, 7) is 29.3. The third-order valence-corrected chi connectivity index (χ3v) is 16.2. The molecule has 20 heteroatoms. The van der Waals surface area contributed by atoms with Crippen LogP contribution in [0.25, 0.3) is 33.4 Å². The molecular weight excluding hydrogens is 1580 g/mol. The minimum atomic E-state index is -1.34. The molecule has 0 aromatic heterocycles. The molecule has 590 valence electrons. The van der Waals surface area contributed by atoms with Crippen LogP contribution in [0.5, 0.6) is 34.5 Å². The molecule has 0 aliphatic carbocycles. The number of aliphatic carboxylic acids is 1. The molecule has 0 atom stereocenters. The number of methoxy groups -OCH3 is 7. The molecule has 0 fully saturated rings. The molecule has 0 unspecified atom stereocenters. The highest BCUT2D eigenvalue weighted by Gasteiger charge is 2.11. The molecule has 5 N–H and O–H groups in total. The molecule has 0 saturated carbocycles. The third-order valence-electron chi connectivity index (χ3n) is 14.8. The van der Waals surface area contributed by atoms with Crippen molar-refractivity contribution in [3.63, 3.8) is 0 Å². The van der Waals surface area contributed by atoms with Gasteiger partial charge in [0.1, 0.15) is 34.5 Å². The van der Waals surface area contributed by atoms with E-state index in [1.54, 1.807) is 52.7 Å². The van der Waals surface area contributed by atoms with Gasteiger partial charge >= 0.3 is 25.0 Å². The minimum Gasteiger partial charge on any atom is -0.507 e. The van der Waals surface area contributed by atoms with E-state index >= 15 is 0 Å². The molecule has 109 heavy (non-hydrogen) atoms. The fourth-order valence-corrected chi connectivity index (χ4v) is 11.9. The summed E-state index contributed by atoms with van der Waals surface area (Å²) < 4.78 is 36.7. The van der Waals surface area contributed by atoms with Crippen molar-refractivity contribution in [2.24, 2.45) is 0 Å². The van der Waals surface area contributed by atoms with E-state index in [-0.39, 0.29) is 32.8 Å². The Morgan fingerprint density at radius 3 is 0.615 bits per heavy atom. The Morgan fingerprint density at radius 1 is 0.294 bits per heavy atom. The van der Waals surface area contributed by atoms with Gasteiger partial charge in [-0.15, -0.1) is 0 Å². The van der Waals surface area contributed by atoms with E-state index in [1.807, 2.05) is 140 Å². The number of phenols is 2. The molecule has 0 aliphatic heterocycles. The van der Waals surface area contributed by atoms with Crippen LogP contribution in [0.2, 0.25) is 0 Å². The maximum Gasteiger partial charge on any atom is 0.488 e. The summed E-state index contributed by atoms with van der Waals surface area (Å²) in [7, 11) is 9.54. The standard InChI is InChI=1S/2C15H16O.C14H14O.2C9H11BrO.C8H9BrO.C6H7BO2.3C3H6O2.C2H4O2.2CH4/c2*1-11-9-14(10-12(2)15(11)16-3)13-7-5-4-6-8-13;1-10-8-13(9-11(2)14(10)15)12-6-4-3-5-7-12;2*1-6-4-8(10)5-7(2)9(6)11-3;1-5-3-7(9)4-6(2)8(5)10;8-7(9)6-4-2-1-3-5-6;3*1-3(4)5-2;1-2(3)4;;/h2*4-10H,1-3H3;3-9,15H,1-2H3;2*4-5H,1-3H3;3-4,10H,1-2H3;1-5,8-9H;3*1-2H3;1H3,(H,3,4);2*1H4. The number of carbonyl (C=O) groups excluding carboxylic acids is 3. The number of carbonyl (C=O) groups is 4. The van der Waals surface area contributed by atoms with E-state index in [9.17, 15) is 24.6 Å². The molecule has 0 radical (unpaired) electrons. The van der Waals surface area contributed by atoms with Crippen molar-refractivity contribution in [2.45, 2.75) is 126 Å². The number of hydrogen-bond acceptors (Lipinski definition) is 15. The second kappa shape index (κ2) is 56.5. The maximum atomic E-state index is 9.68. The van der Waals surface area contributed by atoms with Gasteiger partial charge in [-0.05, 0) is 261 Å².